The molecule has 2 heterocycles. The van der Waals surface area contributed by atoms with Gasteiger partial charge in [-0.15, -0.1) is 10.2 Å². The van der Waals surface area contributed by atoms with Crippen LogP contribution in [0, 0.1) is 17.5 Å². The number of halogens is 6. The molecule has 10 nitrogen and oxygen atoms in total. The molecule has 1 aliphatic heterocycles. The molecule has 16 heteroatoms. The van der Waals surface area contributed by atoms with Gasteiger partial charge in [0.2, 0.25) is 11.7 Å². The number of alkyl halides is 3. The fourth-order valence-corrected chi connectivity index (χ4v) is 3.14. The molecule has 4 N–H and O–H groups in total. The van der Waals surface area contributed by atoms with Gasteiger partial charge in [0.25, 0.3) is 0 Å². The summed E-state index contributed by atoms with van der Waals surface area (Å²) in [5.41, 5.74) is 5.64. The van der Waals surface area contributed by atoms with Crippen molar-refractivity contribution < 1.29 is 50.9 Å². The van der Waals surface area contributed by atoms with Crippen molar-refractivity contribution in [2.75, 3.05) is 6.54 Å². The summed E-state index contributed by atoms with van der Waals surface area (Å²) in [6.07, 6.45) is -5.91. The van der Waals surface area contributed by atoms with Crippen LogP contribution in [0.5, 0.6) is 0 Å². The highest BCUT2D eigenvalue weighted by molar-refractivity contribution is 5.88. The predicted molar refractivity (Wildman–Crippen MR) is 103 cm³/mol. The van der Waals surface area contributed by atoms with Crippen LogP contribution < -0.4 is 5.73 Å². The fourth-order valence-electron chi connectivity index (χ4n) is 3.14. The van der Waals surface area contributed by atoms with E-state index >= 15 is 0 Å². The molecule has 1 aromatic carbocycles. The third-order valence-corrected chi connectivity index (χ3v) is 4.67. The van der Waals surface area contributed by atoms with E-state index in [1.165, 1.54) is 4.90 Å². The lowest BCUT2D eigenvalue weighted by molar-refractivity contribution is -0.149. The van der Waals surface area contributed by atoms with E-state index in [2.05, 4.69) is 10.2 Å². The van der Waals surface area contributed by atoms with Crippen molar-refractivity contribution in [3.63, 3.8) is 0 Å². The van der Waals surface area contributed by atoms with Crippen LogP contribution in [0.1, 0.15) is 30.1 Å². The van der Waals surface area contributed by atoms with Gasteiger partial charge in [0.05, 0.1) is 6.54 Å². The molecule has 0 fully saturated rings. The predicted octanol–water partition coefficient (Wildman–Crippen LogP) is 1.56. The van der Waals surface area contributed by atoms with E-state index in [-0.39, 0.29) is 43.9 Å². The number of benzene rings is 1. The molecule has 1 aliphatic rings. The van der Waals surface area contributed by atoms with Gasteiger partial charge >= 0.3 is 18.1 Å². The Bertz CT molecular complexity index is 1090. The van der Waals surface area contributed by atoms with Gasteiger partial charge in [-0.1, -0.05) is 0 Å². The number of carboxylic acids is 2. The zero-order chi connectivity index (χ0) is 26.5. The number of hydrogen-bond donors (Lipinski definition) is 3. The molecule has 0 saturated carbocycles. The summed E-state index contributed by atoms with van der Waals surface area (Å²) in [5, 5.41) is 22.0. The highest BCUT2D eigenvalue weighted by atomic mass is 19.4. The van der Waals surface area contributed by atoms with Crippen molar-refractivity contribution >= 4 is 17.8 Å². The number of carbonyl (C=O) groups is 3. The lowest BCUT2D eigenvalue weighted by Crippen LogP contribution is -2.42. The van der Waals surface area contributed by atoms with Crippen molar-refractivity contribution in [2.24, 2.45) is 5.73 Å². The second kappa shape index (κ2) is 11.2. The first kappa shape index (κ1) is 27.6. The average Bonchev–Trinajstić information content (AvgIpc) is 3.15. The molecular weight excluding hydrogens is 492 g/mol. The zero-order valence-corrected chi connectivity index (χ0v) is 17.7. The van der Waals surface area contributed by atoms with Crippen molar-refractivity contribution in [1.29, 1.82) is 0 Å². The van der Waals surface area contributed by atoms with Gasteiger partial charge in [-0.25, -0.2) is 13.2 Å². The van der Waals surface area contributed by atoms with Gasteiger partial charge in [0, 0.05) is 31.6 Å². The van der Waals surface area contributed by atoms with E-state index in [0.29, 0.717) is 12.1 Å². The molecule has 3 rings (SSSR count). The van der Waals surface area contributed by atoms with Crippen LogP contribution in [0.2, 0.25) is 0 Å². The van der Waals surface area contributed by atoms with Gasteiger partial charge in [0.15, 0.2) is 17.5 Å². The molecule has 1 atom stereocenters. The van der Waals surface area contributed by atoms with E-state index in [0.717, 1.165) is 4.57 Å². The van der Waals surface area contributed by atoms with Crippen molar-refractivity contribution in [3.8, 4) is 0 Å². The zero-order valence-electron chi connectivity index (χ0n) is 17.7. The summed E-state index contributed by atoms with van der Waals surface area (Å²) < 4.78 is 79.3. The van der Waals surface area contributed by atoms with Gasteiger partial charge in [-0.05, 0) is 18.1 Å². The molecule has 0 spiro atoms. The van der Waals surface area contributed by atoms with Gasteiger partial charge < -0.3 is 25.4 Å². The lowest BCUT2D eigenvalue weighted by atomic mass is 10.0. The molecule has 35 heavy (non-hydrogen) atoms. The Morgan fingerprint density at radius 1 is 1.00 bits per heavy atom. The van der Waals surface area contributed by atoms with Crippen molar-refractivity contribution in [3.05, 3.63) is 46.8 Å². The third-order valence-electron chi connectivity index (χ3n) is 4.67. The second-order valence-corrected chi connectivity index (χ2v) is 7.39. The monoisotopic (exact) mass is 511 g/mol. The minimum atomic E-state index is -4.64. The van der Waals surface area contributed by atoms with Gasteiger partial charge in [-0.3, -0.25) is 14.4 Å². The van der Waals surface area contributed by atoms with Crippen LogP contribution in [0.15, 0.2) is 12.1 Å². The lowest BCUT2D eigenvalue weighted by Gasteiger charge is -2.29. The van der Waals surface area contributed by atoms with E-state index in [1.807, 2.05) is 0 Å². The Labute approximate surface area is 192 Å². The highest BCUT2D eigenvalue weighted by Crippen LogP contribution is 2.29. The largest absolute Gasteiger partial charge is 0.481 e. The minimum absolute atomic E-state index is 0.000783. The molecule has 0 bridgehead atoms. The molecule has 0 saturated heterocycles. The number of aliphatic carboxylic acids is 2. The van der Waals surface area contributed by atoms with E-state index in [9.17, 15) is 40.7 Å². The topological polar surface area (TPSA) is 152 Å². The maximum atomic E-state index is 13.7. The van der Waals surface area contributed by atoms with Crippen LogP contribution in [0.3, 0.4) is 0 Å². The summed E-state index contributed by atoms with van der Waals surface area (Å²) in [5.74, 6) is -7.77. The number of nitrogens with zero attached hydrogens (tertiary/aromatic N) is 4. The van der Waals surface area contributed by atoms with E-state index in [1.54, 1.807) is 0 Å². The smallest absolute Gasteiger partial charge is 0.451 e. The summed E-state index contributed by atoms with van der Waals surface area (Å²) in [7, 11) is 0. The molecule has 0 unspecified atom stereocenters. The Balaban J connectivity index is 0.000000540. The first-order valence-corrected chi connectivity index (χ1v) is 9.78. The van der Waals surface area contributed by atoms with E-state index in [4.69, 9.17) is 15.9 Å². The second-order valence-electron chi connectivity index (χ2n) is 7.39. The van der Waals surface area contributed by atoms with Crippen LogP contribution in [0.4, 0.5) is 26.3 Å². The number of carboxylic acid groups (broad SMARTS) is 2. The van der Waals surface area contributed by atoms with E-state index < -0.39 is 59.8 Å². The summed E-state index contributed by atoms with van der Waals surface area (Å²) in [6.45, 7) is -0.302. The first-order valence-electron chi connectivity index (χ1n) is 9.78. The van der Waals surface area contributed by atoms with Gasteiger partial charge in [0.1, 0.15) is 12.2 Å². The normalized spacial score (nSPS) is 14.0. The number of hydrogen-bond acceptors (Lipinski definition) is 6. The summed E-state index contributed by atoms with van der Waals surface area (Å²) in [4.78, 5) is 32.5. The number of fused-ring (bicyclic) bond motifs is 1. The average molecular weight is 511 g/mol. The Hall–Kier alpha value is -3.69. The quantitative estimate of drug-likeness (QED) is 0.300. The summed E-state index contributed by atoms with van der Waals surface area (Å²) in [6, 6.07) is 0.184. The maximum absolute atomic E-state index is 13.7. The van der Waals surface area contributed by atoms with Crippen LogP contribution >= 0.6 is 0 Å². The fraction of sp³-hybridized carbons (Fsp3) is 0.421. The molecule has 1 amide bonds. The number of aromatic nitrogens is 3. The SMILES string of the molecule is N[C@@H](CC(=O)N1CCn2c(nnc2C(F)(F)F)C1)Cc1cc(F)c(F)cc1F.O=C(O)CC(=O)O. The number of carbonyl (C=O) groups excluding carboxylic acids is 1. The molecule has 0 radical (unpaired) electrons. The molecule has 192 valence electrons. The maximum Gasteiger partial charge on any atom is 0.451 e. The Kier molecular flexibility index (Phi) is 8.78. The van der Waals surface area contributed by atoms with Crippen LogP contribution in [0.25, 0.3) is 0 Å². The first-order chi connectivity index (χ1) is 16.2. The van der Waals surface area contributed by atoms with Crippen LogP contribution in [-0.2, 0) is 40.1 Å². The molecule has 0 aliphatic carbocycles. The van der Waals surface area contributed by atoms with Gasteiger partial charge in [-0.2, -0.15) is 13.2 Å². The van der Waals surface area contributed by atoms with Crippen molar-refractivity contribution in [1.82, 2.24) is 19.7 Å². The molecular formula is C19H19F6N5O5. The third kappa shape index (κ3) is 7.66. The standard InChI is InChI=1S/C16H15F6N5O.C3H4O4/c17-10-6-12(19)11(18)4-8(10)3-9(23)5-14(28)26-1-2-27-13(7-26)24-25-15(27)16(20,21)22;4-2(5)1-3(6)7/h4,6,9H,1-3,5,7,23H2;1H2,(H,4,5)(H,6,7)/t9-;/m1./s1. The van der Waals surface area contributed by atoms with Crippen molar-refractivity contribution in [2.45, 2.75) is 44.6 Å². The van der Waals surface area contributed by atoms with Crippen LogP contribution in [-0.4, -0.2) is 60.3 Å². The Morgan fingerprint density at radius 2 is 1.60 bits per heavy atom. The number of rotatable bonds is 6. The molecule has 1 aromatic heterocycles. The highest BCUT2D eigenvalue weighted by Gasteiger charge is 2.40. The number of amides is 1. The molecule has 2 aromatic rings. The minimum Gasteiger partial charge on any atom is -0.481 e. The number of nitrogens with two attached hydrogens (primary N) is 1. The Morgan fingerprint density at radius 3 is 2.14 bits per heavy atom. The summed E-state index contributed by atoms with van der Waals surface area (Å²) >= 11 is 0.